The zero-order valence-corrected chi connectivity index (χ0v) is 20.2. The quantitative estimate of drug-likeness (QED) is 0.133. The summed E-state index contributed by atoms with van der Waals surface area (Å²) in [6, 6.07) is 8.56. The third kappa shape index (κ3) is 6.01. The highest BCUT2D eigenvalue weighted by Gasteiger charge is 2.41. The Kier molecular flexibility index (Phi) is 8.00. The predicted molar refractivity (Wildman–Crippen MR) is 126 cm³/mol. The zero-order chi connectivity index (χ0) is 29.2. The van der Waals surface area contributed by atoms with Gasteiger partial charge in [-0.15, -0.1) is 0 Å². The maximum absolute atomic E-state index is 14.6. The van der Waals surface area contributed by atoms with Crippen molar-refractivity contribution in [3.8, 4) is 34.5 Å². The van der Waals surface area contributed by atoms with Gasteiger partial charge in [0.1, 0.15) is 40.3 Å². The van der Waals surface area contributed by atoms with Crippen molar-refractivity contribution in [2.24, 2.45) is 0 Å². The second-order valence-corrected chi connectivity index (χ2v) is 8.15. The molecule has 0 radical (unpaired) electrons. The zero-order valence-electron chi connectivity index (χ0n) is 20.2. The fourth-order valence-corrected chi connectivity index (χ4v) is 3.62. The van der Waals surface area contributed by atoms with Crippen LogP contribution in [0.25, 0.3) is 11.1 Å². The lowest BCUT2D eigenvalue weighted by atomic mass is 10.0. The Morgan fingerprint density at radius 2 is 1.27 bits per heavy atom. The molecule has 0 aliphatic heterocycles. The van der Waals surface area contributed by atoms with Crippen LogP contribution in [0.5, 0.6) is 11.5 Å². The second-order valence-electron chi connectivity index (χ2n) is 8.15. The number of halogens is 9. The first-order chi connectivity index (χ1) is 18.9. The lowest BCUT2D eigenvalue weighted by Gasteiger charge is -2.19. The molecule has 0 saturated heterocycles. The summed E-state index contributed by atoms with van der Waals surface area (Å²) in [5, 5.41) is 0. The summed E-state index contributed by atoms with van der Waals surface area (Å²) in [6.07, 6.45) is -4.77. The Morgan fingerprint density at radius 1 is 0.650 bits per heavy atom. The highest BCUT2D eigenvalue weighted by Crippen LogP contribution is 2.36. The van der Waals surface area contributed by atoms with Gasteiger partial charge in [0.25, 0.3) is 0 Å². The van der Waals surface area contributed by atoms with Crippen LogP contribution in [0, 0.1) is 52.6 Å². The molecule has 2 nitrogen and oxygen atoms in total. The van der Waals surface area contributed by atoms with E-state index in [4.69, 9.17) is 4.74 Å². The van der Waals surface area contributed by atoms with E-state index in [1.165, 1.54) is 24.3 Å². The third-order valence-electron chi connectivity index (χ3n) is 5.41. The Bertz CT molecular complexity index is 1610. The smallest absolute Gasteiger partial charge is 0.432 e. The summed E-state index contributed by atoms with van der Waals surface area (Å²) in [4.78, 5) is 0. The maximum atomic E-state index is 14.6. The molecule has 0 unspecified atom stereocenters. The molecule has 0 bridgehead atoms. The largest absolute Gasteiger partial charge is 0.494 e. The van der Waals surface area contributed by atoms with Crippen LogP contribution in [-0.2, 0) is 6.11 Å². The average Bonchev–Trinajstić information content (AvgIpc) is 2.86. The van der Waals surface area contributed by atoms with Crippen molar-refractivity contribution >= 4 is 0 Å². The first-order valence-electron chi connectivity index (χ1n) is 11.3. The molecule has 0 aliphatic rings. The topological polar surface area (TPSA) is 18.5 Å². The van der Waals surface area contributed by atoms with Gasteiger partial charge in [0.05, 0.1) is 12.2 Å². The van der Waals surface area contributed by atoms with Crippen molar-refractivity contribution in [1.82, 2.24) is 0 Å². The Morgan fingerprint density at radius 3 is 1.85 bits per heavy atom. The van der Waals surface area contributed by atoms with Crippen LogP contribution in [0.15, 0.2) is 60.7 Å². The molecule has 0 amide bonds. The molecule has 0 aromatic heterocycles. The van der Waals surface area contributed by atoms with Gasteiger partial charge in [0.15, 0.2) is 17.5 Å². The van der Waals surface area contributed by atoms with Crippen LogP contribution in [0.4, 0.5) is 39.5 Å². The molecule has 0 spiro atoms. The van der Waals surface area contributed by atoms with Gasteiger partial charge >= 0.3 is 6.11 Å². The highest BCUT2D eigenvalue weighted by atomic mass is 19.3. The van der Waals surface area contributed by atoms with Crippen molar-refractivity contribution in [2.75, 3.05) is 6.61 Å². The number of alkyl halides is 2. The minimum atomic E-state index is -4.77. The van der Waals surface area contributed by atoms with E-state index in [0.717, 1.165) is 12.1 Å². The van der Waals surface area contributed by atoms with Gasteiger partial charge in [-0.3, -0.25) is 0 Å². The van der Waals surface area contributed by atoms with Crippen LogP contribution in [0.2, 0.25) is 0 Å². The van der Waals surface area contributed by atoms with Crippen molar-refractivity contribution in [3.63, 3.8) is 0 Å². The third-order valence-corrected chi connectivity index (χ3v) is 5.41. The minimum absolute atomic E-state index is 0.0755. The van der Waals surface area contributed by atoms with Crippen LogP contribution in [0.3, 0.4) is 0 Å². The molecule has 11 heteroatoms. The monoisotopic (exact) mass is 566 g/mol. The molecule has 40 heavy (non-hydrogen) atoms. The van der Waals surface area contributed by atoms with Gasteiger partial charge in [-0.25, -0.2) is 30.7 Å². The van der Waals surface area contributed by atoms with E-state index < -0.39 is 63.7 Å². The second kappa shape index (κ2) is 11.3. The maximum Gasteiger partial charge on any atom is 0.432 e. The van der Waals surface area contributed by atoms with Crippen LogP contribution >= 0.6 is 0 Å². The molecule has 4 aromatic carbocycles. The Balaban J connectivity index is 1.58. The average molecular weight is 566 g/mol. The summed E-state index contributed by atoms with van der Waals surface area (Å²) < 4.78 is 136. The fraction of sp³-hybridized carbons (Fsp3) is 0.103. The molecule has 0 aliphatic carbocycles. The molecule has 206 valence electrons. The molecule has 0 N–H and O–H groups in total. The number of rotatable bonds is 6. The van der Waals surface area contributed by atoms with Crippen molar-refractivity contribution < 1.29 is 49.0 Å². The van der Waals surface area contributed by atoms with E-state index in [1.54, 1.807) is 6.92 Å². The molecule has 0 fully saturated rings. The predicted octanol–water partition coefficient (Wildman–Crippen LogP) is 8.25. The molecule has 0 heterocycles. The summed E-state index contributed by atoms with van der Waals surface area (Å²) in [5.41, 5.74) is -2.36. The number of hydrogen-bond donors (Lipinski definition) is 0. The van der Waals surface area contributed by atoms with Gasteiger partial charge in [-0.05, 0) is 48.9 Å². The van der Waals surface area contributed by atoms with Gasteiger partial charge in [0, 0.05) is 29.3 Å². The first-order valence-corrected chi connectivity index (χ1v) is 11.3. The molecule has 4 aromatic rings. The summed E-state index contributed by atoms with van der Waals surface area (Å²) in [6.45, 7) is 2.05. The molecule has 4 rings (SSSR count). The van der Waals surface area contributed by atoms with Gasteiger partial charge in [-0.2, -0.15) is 8.78 Å². The summed E-state index contributed by atoms with van der Waals surface area (Å²) in [7, 11) is 0. The van der Waals surface area contributed by atoms with E-state index in [9.17, 15) is 39.5 Å². The van der Waals surface area contributed by atoms with Crippen molar-refractivity contribution in [2.45, 2.75) is 13.0 Å². The number of ether oxygens (including phenoxy) is 2. The standard InChI is InChI=1S/C29H15F9O2/c1-2-39-18-7-8-20(22(31)12-18)17-6-5-16(21(30)11-17)4-3-15-9-23(32)27(24(33)10-15)29(37,38)40-19-13-25(34)28(36)26(35)14-19/h5-14H,2H2,1H3. The Hall–Kier alpha value is -4.59. The Labute approximate surface area is 221 Å². The SMILES string of the molecule is CCOc1ccc(-c2ccc(C#Cc3cc(F)c(C(F)(F)Oc4cc(F)c(F)c(F)c4)c(F)c3)c(F)c2)c(F)c1. The first kappa shape index (κ1) is 28.4. The van der Waals surface area contributed by atoms with E-state index in [0.29, 0.717) is 24.5 Å². The molecular formula is C29H15F9O2. The normalized spacial score (nSPS) is 11.2. The van der Waals surface area contributed by atoms with E-state index in [-0.39, 0.29) is 28.8 Å². The van der Waals surface area contributed by atoms with E-state index >= 15 is 0 Å². The minimum Gasteiger partial charge on any atom is -0.494 e. The highest BCUT2D eigenvalue weighted by molar-refractivity contribution is 5.66. The van der Waals surface area contributed by atoms with Crippen LogP contribution in [0.1, 0.15) is 23.6 Å². The molecule has 0 atom stereocenters. The van der Waals surface area contributed by atoms with Crippen molar-refractivity contribution in [1.29, 1.82) is 0 Å². The summed E-state index contributed by atoms with van der Waals surface area (Å²) >= 11 is 0. The number of benzene rings is 4. The van der Waals surface area contributed by atoms with Gasteiger partial charge in [-0.1, -0.05) is 17.9 Å². The summed E-state index contributed by atoms with van der Waals surface area (Å²) in [5.74, 6) is -7.29. The lowest BCUT2D eigenvalue weighted by molar-refractivity contribution is -0.189. The van der Waals surface area contributed by atoms with Crippen molar-refractivity contribution in [3.05, 3.63) is 118 Å². The van der Waals surface area contributed by atoms with E-state index in [2.05, 4.69) is 16.6 Å². The fourth-order valence-electron chi connectivity index (χ4n) is 3.62. The van der Waals surface area contributed by atoms with Gasteiger partial charge in [0.2, 0.25) is 0 Å². The van der Waals surface area contributed by atoms with Gasteiger partial charge < -0.3 is 9.47 Å². The number of hydrogen-bond acceptors (Lipinski definition) is 2. The van der Waals surface area contributed by atoms with Crippen LogP contribution < -0.4 is 9.47 Å². The lowest BCUT2D eigenvalue weighted by Crippen LogP contribution is -2.25. The van der Waals surface area contributed by atoms with E-state index in [1.807, 2.05) is 0 Å². The van der Waals surface area contributed by atoms with Crippen LogP contribution in [-0.4, -0.2) is 6.61 Å². The molecular weight excluding hydrogens is 551 g/mol. The molecule has 0 saturated carbocycles.